The zero-order valence-electron chi connectivity index (χ0n) is 31.5. The first-order valence-corrected chi connectivity index (χ1v) is 17.8. The number of aryl methyl sites for hydroxylation is 2. The van der Waals surface area contributed by atoms with Crippen molar-refractivity contribution in [1.29, 1.82) is 0 Å². The minimum atomic E-state index is -0.0587. The van der Waals surface area contributed by atoms with Gasteiger partial charge < -0.3 is 28.7 Å². The Hall–Kier alpha value is -5.64. The molecule has 4 amide bonds. The molecule has 4 aromatic carbocycles. The average molecular weight is 701 g/mol. The first-order chi connectivity index (χ1) is 24.8. The van der Waals surface area contributed by atoms with Crippen LogP contribution in [0.15, 0.2) is 72.8 Å². The summed E-state index contributed by atoms with van der Waals surface area (Å²) in [6.07, 6.45) is 3.98. The van der Waals surface area contributed by atoms with Gasteiger partial charge in [-0.1, -0.05) is 12.8 Å². The largest absolute Gasteiger partial charge is 0.345 e. The highest BCUT2D eigenvalue weighted by Gasteiger charge is 2.19. The van der Waals surface area contributed by atoms with Crippen LogP contribution in [-0.2, 0) is 13.1 Å². The molecule has 52 heavy (non-hydrogen) atoms. The zero-order chi connectivity index (χ0) is 37.4. The topological polar surface area (TPSA) is 91.1 Å². The number of nitrogens with zero attached hydrogens (tertiary/aromatic N) is 6. The van der Waals surface area contributed by atoms with Gasteiger partial charge in [0.15, 0.2) is 0 Å². The van der Waals surface area contributed by atoms with E-state index in [1.165, 1.54) is 0 Å². The number of hydrogen-bond donors (Lipinski definition) is 0. The first kappa shape index (κ1) is 36.2. The fourth-order valence-corrected chi connectivity index (χ4v) is 7.15. The number of benzene rings is 4. The molecule has 0 N–H and O–H groups in total. The Morgan fingerprint density at radius 1 is 0.385 bits per heavy atom. The predicted octanol–water partition coefficient (Wildman–Crippen LogP) is 6.97. The Balaban J connectivity index is 1.23. The summed E-state index contributed by atoms with van der Waals surface area (Å²) in [4.78, 5) is 57.7. The lowest BCUT2D eigenvalue weighted by Gasteiger charge is -2.12. The molecule has 0 fully saturated rings. The van der Waals surface area contributed by atoms with Crippen LogP contribution >= 0.6 is 0 Å². The summed E-state index contributed by atoms with van der Waals surface area (Å²) >= 11 is 0. The third kappa shape index (κ3) is 6.73. The number of hydrogen-bond acceptors (Lipinski definition) is 4. The quantitative estimate of drug-likeness (QED) is 0.137. The van der Waals surface area contributed by atoms with Gasteiger partial charge in [0.1, 0.15) is 0 Å². The fourth-order valence-electron chi connectivity index (χ4n) is 7.15. The van der Waals surface area contributed by atoms with Crippen molar-refractivity contribution in [2.45, 2.75) is 38.8 Å². The summed E-state index contributed by atoms with van der Waals surface area (Å²) in [6, 6.07) is 23.4. The third-order valence-corrected chi connectivity index (χ3v) is 9.86. The van der Waals surface area contributed by atoms with E-state index in [0.29, 0.717) is 22.3 Å². The van der Waals surface area contributed by atoms with Crippen molar-refractivity contribution < 1.29 is 19.2 Å². The lowest BCUT2D eigenvalue weighted by atomic mass is 10.1. The van der Waals surface area contributed by atoms with Gasteiger partial charge in [-0.2, -0.15) is 0 Å². The lowest BCUT2D eigenvalue weighted by Crippen LogP contribution is -2.21. The SMILES string of the molecule is CN(C)C(=O)c1ccc2c(c1)c1cc(C(=O)N(C)C)ccc1n2CCCCCCn1c2ccc(C(=O)N(C)C)cc2c2cc(C(=O)N(C)C)ccc21. The molecule has 0 saturated carbocycles. The zero-order valence-corrected chi connectivity index (χ0v) is 31.5. The number of carbonyl (C=O) groups excluding carboxylic acids is 4. The first-order valence-electron chi connectivity index (χ1n) is 17.8. The highest BCUT2D eigenvalue weighted by molar-refractivity contribution is 6.14. The third-order valence-electron chi connectivity index (χ3n) is 9.86. The summed E-state index contributed by atoms with van der Waals surface area (Å²) < 4.78 is 4.62. The van der Waals surface area contributed by atoms with Crippen molar-refractivity contribution in [3.05, 3.63) is 95.1 Å². The molecule has 10 heteroatoms. The van der Waals surface area contributed by atoms with E-state index in [4.69, 9.17) is 0 Å². The van der Waals surface area contributed by atoms with Crippen LogP contribution in [0.1, 0.15) is 67.1 Å². The molecule has 0 aliphatic carbocycles. The minimum Gasteiger partial charge on any atom is -0.345 e. The van der Waals surface area contributed by atoms with Gasteiger partial charge in [0, 0.05) is 135 Å². The van der Waals surface area contributed by atoms with Crippen LogP contribution in [0.25, 0.3) is 43.6 Å². The van der Waals surface area contributed by atoms with Crippen molar-refractivity contribution >= 4 is 67.2 Å². The lowest BCUT2D eigenvalue weighted by molar-refractivity contribution is 0.0820. The van der Waals surface area contributed by atoms with Gasteiger partial charge in [-0.05, 0) is 85.6 Å². The van der Waals surface area contributed by atoms with Crippen molar-refractivity contribution in [3.63, 3.8) is 0 Å². The van der Waals surface area contributed by atoms with Gasteiger partial charge >= 0.3 is 0 Å². The Bertz CT molecular complexity index is 2040. The number of amides is 4. The highest BCUT2D eigenvalue weighted by Crippen LogP contribution is 2.33. The molecule has 6 aromatic rings. The van der Waals surface area contributed by atoms with E-state index >= 15 is 0 Å². The van der Waals surface area contributed by atoms with Crippen LogP contribution in [0.5, 0.6) is 0 Å². The molecule has 0 bridgehead atoms. The fraction of sp³-hybridized carbons (Fsp3) is 0.333. The van der Waals surface area contributed by atoms with Gasteiger partial charge in [0.2, 0.25) is 0 Å². The molecule has 0 radical (unpaired) electrons. The molecule has 0 unspecified atom stereocenters. The Labute approximate surface area is 304 Å². The standard InChI is InChI=1S/C42H48N6O4/c1-43(2)39(49)27-13-17-35-31(23-27)32-24-28(40(50)44(3)4)14-18-36(32)47(35)21-11-9-10-12-22-48-37-19-15-29(41(51)45(5)6)25-33(37)34-26-30(16-20-38(34)48)42(52)46(7)8/h13-20,23-26H,9-12,21-22H2,1-8H3. The number of carbonyl (C=O) groups is 4. The van der Waals surface area contributed by atoms with Crippen LogP contribution in [0, 0.1) is 0 Å². The second-order valence-corrected chi connectivity index (χ2v) is 14.4. The Kier molecular flexibility index (Phi) is 10.1. The van der Waals surface area contributed by atoms with Gasteiger partial charge in [0.05, 0.1) is 0 Å². The molecule has 2 aromatic heterocycles. The van der Waals surface area contributed by atoms with Crippen LogP contribution in [0.2, 0.25) is 0 Å². The maximum Gasteiger partial charge on any atom is 0.253 e. The summed E-state index contributed by atoms with van der Waals surface area (Å²) in [5.74, 6) is -0.235. The van der Waals surface area contributed by atoms with E-state index in [2.05, 4.69) is 9.13 Å². The van der Waals surface area contributed by atoms with Gasteiger partial charge in [-0.25, -0.2) is 0 Å². The van der Waals surface area contributed by atoms with E-state index in [-0.39, 0.29) is 23.6 Å². The summed E-state index contributed by atoms with van der Waals surface area (Å²) in [7, 11) is 14.0. The Morgan fingerprint density at radius 3 is 0.827 bits per heavy atom. The van der Waals surface area contributed by atoms with E-state index in [1.807, 2.05) is 72.8 Å². The van der Waals surface area contributed by atoms with Crippen molar-refractivity contribution in [2.75, 3.05) is 56.4 Å². The van der Waals surface area contributed by atoms with E-state index < -0.39 is 0 Å². The predicted molar refractivity (Wildman–Crippen MR) is 209 cm³/mol. The van der Waals surface area contributed by atoms with Crippen LogP contribution in [-0.4, -0.2) is 109 Å². The molecule has 10 nitrogen and oxygen atoms in total. The maximum atomic E-state index is 12.9. The molecule has 0 spiro atoms. The molecule has 0 atom stereocenters. The number of fused-ring (bicyclic) bond motifs is 6. The van der Waals surface area contributed by atoms with E-state index in [0.717, 1.165) is 82.4 Å². The van der Waals surface area contributed by atoms with Gasteiger partial charge in [-0.3, -0.25) is 19.2 Å². The molecule has 2 heterocycles. The molecule has 270 valence electrons. The Morgan fingerprint density at radius 2 is 0.615 bits per heavy atom. The van der Waals surface area contributed by atoms with Crippen LogP contribution < -0.4 is 0 Å². The minimum absolute atomic E-state index is 0.0587. The normalized spacial score (nSPS) is 11.5. The molecule has 0 aliphatic rings. The van der Waals surface area contributed by atoms with Gasteiger partial charge in [-0.15, -0.1) is 0 Å². The molecule has 0 aliphatic heterocycles. The molecule has 0 saturated heterocycles. The maximum absolute atomic E-state index is 12.9. The summed E-state index contributed by atoms with van der Waals surface area (Å²) in [6.45, 7) is 1.62. The smallest absolute Gasteiger partial charge is 0.253 e. The number of rotatable bonds is 11. The number of aromatic nitrogens is 2. The van der Waals surface area contributed by atoms with Crippen molar-refractivity contribution in [1.82, 2.24) is 28.7 Å². The second kappa shape index (κ2) is 14.5. The second-order valence-electron chi connectivity index (χ2n) is 14.4. The molecular formula is C42H48N6O4. The average Bonchev–Trinajstić information content (AvgIpc) is 3.61. The van der Waals surface area contributed by atoms with E-state index in [1.54, 1.807) is 76.0 Å². The number of unbranched alkanes of at least 4 members (excludes halogenated alkanes) is 3. The highest BCUT2D eigenvalue weighted by atomic mass is 16.2. The summed E-state index contributed by atoms with van der Waals surface area (Å²) in [5, 5.41) is 3.86. The molecule has 6 rings (SSSR count). The van der Waals surface area contributed by atoms with Crippen LogP contribution in [0.4, 0.5) is 0 Å². The van der Waals surface area contributed by atoms with Crippen LogP contribution in [0.3, 0.4) is 0 Å². The molecular weight excluding hydrogens is 652 g/mol. The van der Waals surface area contributed by atoms with Crippen molar-refractivity contribution in [2.24, 2.45) is 0 Å². The monoisotopic (exact) mass is 700 g/mol. The van der Waals surface area contributed by atoms with E-state index in [9.17, 15) is 19.2 Å². The van der Waals surface area contributed by atoms with Crippen molar-refractivity contribution in [3.8, 4) is 0 Å². The summed E-state index contributed by atoms with van der Waals surface area (Å²) in [5.41, 5.74) is 6.65. The van der Waals surface area contributed by atoms with Gasteiger partial charge in [0.25, 0.3) is 23.6 Å².